The molecule has 0 radical (unpaired) electrons. The van der Waals surface area contributed by atoms with Gasteiger partial charge in [0.2, 0.25) is 20.0 Å². The van der Waals surface area contributed by atoms with Crippen LogP contribution in [0, 0.1) is 0 Å². The molecule has 1 rings (SSSR count). The predicted octanol–water partition coefficient (Wildman–Crippen LogP) is 0.0321. The SMILES string of the molecule is CN(C)S(=O)(=O)c1ccccc1S(=O)(=O)N(C)CCC(=O)O. The number of benzene rings is 1. The van der Waals surface area contributed by atoms with Crippen molar-refractivity contribution in [2.75, 3.05) is 27.7 Å². The van der Waals surface area contributed by atoms with Crippen molar-refractivity contribution >= 4 is 26.0 Å². The van der Waals surface area contributed by atoms with Crippen LogP contribution in [-0.2, 0) is 24.8 Å². The molecule has 8 nitrogen and oxygen atoms in total. The van der Waals surface area contributed by atoms with Crippen molar-refractivity contribution < 1.29 is 26.7 Å². The highest BCUT2D eigenvalue weighted by atomic mass is 32.2. The maximum absolute atomic E-state index is 12.5. The van der Waals surface area contributed by atoms with E-state index in [1.165, 1.54) is 45.4 Å². The summed E-state index contributed by atoms with van der Waals surface area (Å²) in [5, 5.41) is 8.63. The molecule has 0 unspecified atom stereocenters. The van der Waals surface area contributed by atoms with E-state index in [4.69, 9.17) is 5.11 Å². The molecule has 0 aromatic heterocycles. The maximum atomic E-state index is 12.5. The lowest BCUT2D eigenvalue weighted by Gasteiger charge is -2.20. The highest BCUT2D eigenvalue weighted by Crippen LogP contribution is 2.25. The van der Waals surface area contributed by atoms with E-state index in [2.05, 4.69) is 0 Å². The van der Waals surface area contributed by atoms with Gasteiger partial charge in [0.05, 0.1) is 6.42 Å². The van der Waals surface area contributed by atoms with Gasteiger partial charge in [-0.05, 0) is 12.1 Å². The van der Waals surface area contributed by atoms with E-state index in [9.17, 15) is 21.6 Å². The van der Waals surface area contributed by atoms with E-state index in [0.717, 1.165) is 8.61 Å². The van der Waals surface area contributed by atoms with Crippen molar-refractivity contribution in [2.24, 2.45) is 0 Å². The number of carboxylic acid groups (broad SMARTS) is 1. The zero-order valence-electron chi connectivity index (χ0n) is 12.4. The van der Waals surface area contributed by atoms with Crippen LogP contribution in [0.15, 0.2) is 34.1 Å². The third kappa shape index (κ3) is 3.83. The number of rotatable bonds is 7. The molecule has 22 heavy (non-hydrogen) atoms. The molecule has 0 fully saturated rings. The largest absolute Gasteiger partial charge is 0.481 e. The molecule has 10 heteroatoms. The van der Waals surface area contributed by atoms with Crippen molar-refractivity contribution in [1.29, 1.82) is 0 Å². The standard InChI is InChI=1S/C12H18N2O6S2/c1-13(2)21(17,18)10-6-4-5-7-11(10)22(19,20)14(3)9-8-12(15)16/h4-7H,8-9H2,1-3H3,(H,15,16). The van der Waals surface area contributed by atoms with Gasteiger partial charge in [0.1, 0.15) is 9.79 Å². The summed E-state index contributed by atoms with van der Waals surface area (Å²) in [6, 6.07) is 5.22. The molecule has 1 aromatic rings. The highest BCUT2D eigenvalue weighted by molar-refractivity contribution is 7.92. The van der Waals surface area contributed by atoms with Gasteiger partial charge in [-0.1, -0.05) is 12.1 Å². The molecule has 0 bridgehead atoms. The second-order valence-corrected chi connectivity index (χ2v) is 8.84. The van der Waals surface area contributed by atoms with E-state index in [-0.39, 0.29) is 22.8 Å². The van der Waals surface area contributed by atoms with Crippen LogP contribution in [-0.4, -0.2) is 64.2 Å². The first-order chi connectivity index (χ1) is 10.0. The topological polar surface area (TPSA) is 112 Å². The number of hydrogen-bond donors (Lipinski definition) is 1. The van der Waals surface area contributed by atoms with Gasteiger partial charge >= 0.3 is 5.97 Å². The maximum Gasteiger partial charge on any atom is 0.304 e. The summed E-state index contributed by atoms with van der Waals surface area (Å²) < 4.78 is 51.2. The zero-order chi connectivity index (χ0) is 17.1. The molecule has 0 aliphatic carbocycles. The molecule has 1 aromatic carbocycles. The van der Waals surface area contributed by atoms with Crippen LogP contribution >= 0.6 is 0 Å². The van der Waals surface area contributed by atoms with Gasteiger partial charge < -0.3 is 5.11 Å². The first-order valence-electron chi connectivity index (χ1n) is 6.21. The Morgan fingerprint density at radius 1 is 1.00 bits per heavy atom. The third-order valence-corrected chi connectivity index (χ3v) is 6.85. The number of sulfonamides is 2. The molecule has 0 aliphatic rings. The lowest BCUT2D eigenvalue weighted by molar-refractivity contribution is -0.137. The Bertz CT molecular complexity index is 756. The number of carbonyl (C=O) groups is 1. The normalized spacial score (nSPS) is 12.8. The smallest absolute Gasteiger partial charge is 0.304 e. The Kier molecular flexibility index (Phi) is 5.68. The van der Waals surface area contributed by atoms with Gasteiger partial charge in [0.25, 0.3) is 0 Å². The second-order valence-electron chi connectivity index (χ2n) is 4.70. The van der Waals surface area contributed by atoms with E-state index in [1.54, 1.807) is 0 Å². The van der Waals surface area contributed by atoms with Crippen LogP contribution in [0.1, 0.15) is 6.42 Å². The summed E-state index contributed by atoms with van der Waals surface area (Å²) in [5.74, 6) is -1.14. The Hall–Kier alpha value is -1.49. The van der Waals surface area contributed by atoms with E-state index in [1.807, 2.05) is 0 Å². The second kappa shape index (κ2) is 6.73. The molecule has 0 saturated heterocycles. The van der Waals surface area contributed by atoms with Gasteiger partial charge in [0.15, 0.2) is 0 Å². The summed E-state index contributed by atoms with van der Waals surface area (Å²) in [4.78, 5) is 9.84. The van der Waals surface area contributed by atoms with Crippen molar-refractivity contribution in [3.63, 3.8) is 0 Å². The van der Waals surface area contributed by atoms with E-state index in [0.29, 0.717) is 0 Å². The van der Waals surface area contributed by atoms with E-state index >= 15 is 0 Å². The lowest BCUT2D eigenvalue weighted by Crippen LogP contribution is -2.31. The molecular weight excluding hydrogens is 332 g/mol. The van der Waals surface area contributed by atoms with Gasteiger partial charge in [0, 0.05) is 27.7 Å². The predicted molar refractivity (Wildman–Crippen MR) is 79.4 cm³/mol. The van der Waals surface area contributed by atoms with Crippen LogP contribution in [0.5, 0.6) is 0 Å². The average Bonchev–Trinajstić information content (AvgIpc) is 2.44. The lowest BCUT2D eigenvalue weighted by atomic mass is 10.4. The number of carboxylic acids is 1. The molecule has 0 atom stereocenters. The van der Waals surface area contributed by atoms with Crippen LogP contribution in [0.3, 0.4) is 0 Å². The molecule has 0 heterocycles. The zero-order valence-corrected chi connectivity index (χ0v) is 14.1. The molecule has 124 valence electrons. The van der Waals surface area contributed by atoms with Crippen LogP contribution in [0.2, 0.25) is 0 Å². The summed E-state index contributed by atoms with van der Waals surface area (Å²) in [5.41, 5.74) is 0. The molecule has 0 aliphatic heterocycles. The summed E-state index contributed by atoms with van der Waals surface area (Å²) in [7, 11) is -4.26. The number of hydrogen-bond acceptors (Lipinski definition) is 5. The monoisotopic (exact) mass is 350 g/mol. The van der Waals surface area contributed by atoms with Gasteiger partial charge in [-0.2, -0.15) is 0 Å². The Morgan fingerprint density at radius 3 is 1.86 bits per heavy atom. The minimum Gasteiger partial charge on any atom is -0.481 e. The van der Waals surface area contributed by atoms with Crippen molar-refractivity contribution in [3.05, 3.63) is 24.3 Å². The minimum atomic E-state index is -4.12. The highest BCUT2D eigenvalue weighted by Gasteiger charge is 2.30. The Labute approximate surface area is 130 Å². The minimum absolute atomic E-state index is 0.256. The molecule has 0 spiro atoms. The summed E-state index contributed by atoms with van der Waals surface area (Å²) in [6.07, 6.45) is -0.377. The van der Waals surface area contributed by atoms with Crippen molar-refractivity contribution in [2.45, 2.75) is 16.2 Å². The van der Waals surface area contributed by atoms with Gasteiger partial charge in [-0.25, -0.2) is 25.4 Å². The van der Waals surface area contributed by atoms with Crippen molar-refractivity contribution in [3.8, 4) is 0 Å². The van der Waals surface area contributed by atoms with Crippen LogP contribution < -0.4 is 0 Å². The Morgan fingerprint density at radius 2 is 1.45 bits per heavy atom. The average molecular weight is 350 g/mol. The summed E-state index contributed by atoms with van der Waals surface area (Å²) >= 11 is 0. The first kappa shape index (κ1) is 18.6. The van der Waals surface area contributed by atoms with Crippen molar-refractivity contribution in [1.82, 2.24) is 8.61 Å². The van der Waals surface area contributed by atoms with Crippen LogP contribution in [0.25, 0.3) is 0 Å². The van der Waals surface area contributed by atoms with Gasteiger partial charge in [-0.15, -0.1) is 0 Å². The number of nitrogens with zero attached hydrogens (tertiary/aromatic N) is 2. The van der Waals surface area contributed by atoms with Gasteiger partial charge in [-0.3, -0.25) is 4.79 Å². The molecular formula is C12H18N2O6S2. The molecule has 1 N–H and O–H groups in total. The first-order valence-corrected chi connectivity index (χ1v) is 9.09. The molecule has 0 amide bonds. The third-order valence-electron chi connectivity index (χ3n) is 2.94. The number of aliphatic carboxylic acids is 1. The fourth-order valence-corrected chi connectivity index (χ4v) is 4.45. The fraction of sp³-hybridized carbons (Fsp3) is 0.417. The fourth-order valence-electron chi connectivity index (χ4n) is 1.61. The molecule has 0 saturated carbocycles. The Balaban J connectivity index is 3.36. The van der Waals surface area contributed by atoms with E-state index < -0.39 is 26.0 Å². The summed E-state index contributed by atoms with van der Waals surface area (Å²) in [6.45, 7) is -0.256. The quantitative estimate of drug-likeness (QED) is 0.742. The van der Waals surface area contributed by atoms with Crippen LogP contribution in [0.4, 0.5) is 0 Å².